The summed E-state index contributed by atoms with van der Waals surface area (Å²) in [5.41, 5.74) is 3.17. The van der Waals surface area contributed by atoms with Crippen LogP contribution in [-0.4, -0.2) is 31.1 Å². The minimum Gasteiger partial charge on any atom is -0.489 e. The molecule has 0 saturated carbocycles. The number of nitrogens with zero attached hydrogens (tertiary/aromatic N) is 2. The topological polar surface area (TPSA) is 62.6 Å². The van der Waals surface area contributed by atoms with Gasteiger partial charge in [-0.15, -0.1) is 0 Å². The third-order valence-corrected chi connectivity index (χ3v) is 4.64. The summed E-state index contributed by atoms with van der Waals surface area (Å²) in [6.07, 6.45) is 0. The number of nitriles is 1. The van der Waals surface area contributed by atoms with Crippen LogP contribution in [0.3, 0.4) is 0 Å². The van der Waals surface area contributed by atoms with Gasteiger partial charge in [-0.25, -0.2) is 0 Å². The Balaban J connectivity index is 1.72. The molecule has 0 saturated heterocycles. The maximum absolute atomic E-state index is 13.2. The third kappa shape index (κ3) is 5.94. The molecule has 3 rings (SSSR count). The van der Waals surface area contributed by atoms with Crippen molar-refractivity contribution < 1.29 is 14.3 Å². The fourth-order valence-corrected chi connectivity index (χ4v) is 3.00. The number of hydrogen-bond acceptors (Lipinski definition) is 4. The predicted octanol–water partition coefficient (Wildman–Crippen LogP) is 4.43. The monoisotopic (exact) mass is 400 g/mol. The highest BCUT2D eigenvalue weighted by atomic mass is 16.5. The molecule has 0 spiro atoms. The highest BCUT2D eigenvalue weighted by molar-refractivity contribution is 5.94. The average molecular weight is 400 g/mol. The molecular formula is C25H24N2O3. The lowest BCUT2D eigenvalue weighted by Gasteiger charge is -2.23. The third-order valence-electron chi connectivity index (χ3n) is 4.64. The summed E-state index contributed by atoms with van der Waals surface area (Å²) in [5.74, 6) is 0.552. The van der Waals surface area contributed by atoms with Gasteiger partial charge in [0, 0.05) is 25.8 Å². The van der Waals surface area contributed by atoms with Gasteiger partial charge < -0.3 is 14.4 Å². The van der Waals surface area contributed by atoms with Gasteiger partial charge in [0.2, 0.25) is 0 Å². The van der Waals surface area contributed by atoms with E-state index in [1.807, 2.05) is 54.6 Å². The van der Waals surface area contributed by atoms with E-state index in [1.165, 1.54) is 0 Å². The summed E-state index contributed by atoms with van der Waals surface area (Å²) in [7, 11) is 1.61. The molecular weight excluding hydrogens is 376 g/mol. The van der Waals surface area contributed by atoms with Gasteiger partial charge >= 0.3 is 0 Å². The summed E-state index contributed by atoms with van der Waals surface area (Å²) in [4.78, 5) is 14.9. The van der Waals surface area contributed by atoms with E-state index in [-0.39, 0.29) is 5.91 Å². The molecule has 1 amide bonds. The Hall–Kier alpha value is -3.62. The van der Waals surface area contributed by atoms with Crippen LogP contribution in [0.25, 0.3) is 0 Å². The van der Waals surface area contributed by atoms with Crippen molar-refractivity contribution >= 4 is 5.91 Å². The quantitative estimate of drug-likeness (QED) is 0.533. The van der Waals surface area contributed by atoms with Crippen molar-refractivity contribution in [3.05, 3.63) is 101 Å². The largest absolute Gasteiger partial charge is 0.489 e. The molecule has 0 bridgehead atoms. The number of rotatable bonds is 9. The average Bonchev–Trinajstić information content (AvgIpc) is 2.81. The van der Waals surface area contributed by atoms with Gasteiger partial charge in [-0.1, -0.05) is 48.5 Å². The number of benzene rings is 3. The Kier molecular flexibility index (Phi) is 7.59. The first kappa shape index (κ1) is 21.1. The Morgan fingerprint density at radius 2 is 1.73 bits per heavy atom. The Labute approximate surface area is 177 Å². The van der Waals surface area contributed by atoms with E-state index in [1.54, 1.807) is 36.3 Å². The minimum absolute atomic E-state index is 0.0958. The van der Waals surface area contributed by atoms with Gasteiger partial charge in [0.15, 0.2) is 0 Å². The number of ether oxygens (including phenoxy) is 2. The second-order valence-electron chi connectivity index (χ2n) is 6.83. The van der Waals surface area contributed by atoms with E-state index in [2.05, 4.69) is 6.07 Å². The maximum atomic E-state index is 13.2. The summed E-state index contributed by atoms with van der Waals surface area (Å²) in [5, 5.41) is 8.96. The van der Waals surface area contributed by atoms with Crippen LogP contribution in [0.5, 0.6) is 5.75 Å². The molecule has 5 heteroatoms. The number of carbonyl (C=O) groups is 1. The SMILES string of the molecule is COCCN(Cc1ccc(C#N)cc1)C(=O)c1cccc(OCc2ccccc2)c1. The lowest BCUT2D eigenvalue weighted by molar-refractivity contribution is 0.0680. The molecule has 0 aliphatic carbocycles. The molecule has 0 aliphatic heterocycles. The standard InChI is InChI=1S/C25H24N2O3/c1-29-15-14-27(18-21-12-10-20(17-26)11-13-21)25(28)23-8-5-9-24(16-23)30-19-22-6-3-2-4-7-22/h2-13,16H,14-15,18-19H2,1H3. The molecule has 0 unspecified atom stereocenters. The van der Waals surface area contributed by atoms with Crippen molar-refractivity contribution in [2.24, 2.45) is 0 Å². The zero-order valence-corrected chi connectivity index (χ0v) is 17.0. The summed E-state index contributed by atoms with van der Waals surface area (Å²) >= 11 is 0. The van der Waals surface area contributed by atoms with Crippen LogP contribution in [0.4, 0.5) is 0 Å². The first-order chi connectivity index (χ1) is 14.7. The molecule has 0 aliphatic rings. The zero-order valence-electron chi connectivity index (χ0n) is 17.0. The van der Waals surface area contributed by atoms with Crippen LogP contribution in [0.1, 0.15) is 27.0 Å². The second-order valence-corrected chi connectivity index (χ2v) is 6.83. The van der Waals surface area contributed by atoms with Crippen molar-refractivity contribution in [1.82, 2.24) is 4.90 Å². The van der Waals surface area contributed by atoms with Gasteiger partial charge in [-0.05, 0) is 41.5 Å². The van der Waals surface area contributed by atoms with Crippen molar-refractivity contribution in [3.63, 3.8) is 0 Å². The molecule has 5 nitrogen and oxygen atoms in total. The molecule has 3 aromatic carbocycles. The minimum atomic E-state index is -0.0958. The van der Waals surface area contributed by atoms with E-state index >= 15 is 0 Å². The number of methoxy groups -OCH3 is 1. The first-order valence-corrected chi connectivity index (χ1v) is 9.73. The van der Waals surface area contributed by atoms with Crippen LogP contribution in [-0.2, 0) is 17.9 Å². The Morgan fingerprint density at radius 1 is 0.967 bits per heavy atom. The van der Waals surface area contributed by atoms with E-state index in [4.69, 9.17) is 14.7 Å². The van der Waals surface area contributed by atoms with E-state index in [9.17, 15) is 4.79 Å². The smallest absolute Gasteiger partial charge is 0.254 e. The molecule has 0 N–H and O–H groups in total. The number of amides is 1. The fourth-order valence-electron chi connectivity index (χ4n) is 3.00. The predicted molar refractivity (Wildman–Crippen MR) is 115 cm³/mol. The number of carbonyl (C=O) groups excluding carboxylic acids is 1. The second kappa shape index (κ2) is 10.8. The molecule has 0 heterocycles. The van der Waals surface area contributed by atoms with Crippen LogP contribution in [0.15, 0.2) is 78.9 Å². The van der Waals surface area contributed by atoms with Crippen LogP contribution < -0.4 is 4.74 Å². The van der Waals surface area contributed by atoms with Gasteiger partial charge in [-0.3, -0.25) is 4.79 Å². The van der Waals surface area contributed by atoms with Gasteiger partial charge in [0.1, 0.15) is 12.4 Å². The molecule has 0 fully saturated rings. The summed E-state index contributed by atoms with van der Waals surface area (Å²) in [6.45, 7) is 1.77. The maximum Gasteiger partial charge on any atom is 0.254 e. The van der Waals surface area contributed by atoms with Crippen LogP contribution in [0.2, 0.25) is 0 Å². The highest BCUT2D eigenvalue weighted by Gasteiger charge is 2.17. The summed E-state index contributed by atoms with van der Waals surface area (Å²) < 4.78 is 11.0. The zero-order chi connectivity index (χ0) is 21.2. The highest BCUT2D eigenvalue weighted by Crippen LogP contribution is 2.18. The fraction of sp³-hybridized carbons (Fsp3) is 0.200. The van der Waals surface area contributed by atoms with Gasteiger partial charge in [0.25, 0.3) is 5.91 Å². The normalized spacial score (nSPS) is 10.3. The van der Waals surface area contributed by atoms with Gasteiger partial charge in [0.05, 0.1) is 18.2 Å². The van der Waals surface area contributed by atoms with Crippen molar-refractivity contribution in [1.29, 1.82) is 5.26 Å². The lowest BCUT2D eigenvalue weighted by atomic mass is 10.1. The molecule has 30 heavy (non-hydrogen) atoms. The van der Waals surface area contributed by atoms with Crippen molar-refractivity contribution in [2.75, 3.05) is 20.3 Å². The van der Waals surface area contributed by atoms with Crippen LogP contribution in [0, 0.1) is 11.3 Å². The Morgan fingerprint density at radius 3 is 2.43 bits per heavy atom. The molecule has 0 radical (unpaired) electrons. The van der Waals surface area contributed by atoms with Gasteiger partial charge in [-0.2, -0.15) is 5.26 Å². The van der Waals surface area contributed by atoms with Crippen molar-refractivity contribution in [3.8, 4) is 11.8 Å². The molecule has 152 valence electrons. The van der Waals surface area contributed by atoms with E-state index < -0.39 is 0 Å². The molecule has 0 atom stereocenters. The van der Waals surface area contributed by atoms with Crippen LogP contribution >= 0.6 is 0 Å². The van der Waals surface area contributed by atoms with Crippen molar-refractivity contribution in [2.45, 2.75) is 13.2 Å². The first-order valence-electron chi connectivity index (χ1n) is 9.73. The lowest BCUT2D eigenvalue weighted by Crippen LogP contribution is -2.33. The molecule has 3 aromatic rings. The van der Waals surface area contributed by atoms with E-state index in [0.29, 0.717) is 43.2 Å². The Bertz CT molecular complexity index is 995. The molecule has 0 aromatic heterocycles. The number of hydrogen-bond donors (Lipinski definition) is 0. The summed E-state index contributed by atoms with van der Waals surface area (Å²) in [6, 6.07) is 26.5. The van der Waals surface area contributed by atoms with E-state index in [0.717, 1.165) is 11.1 Å².